The van der Waals surface area contributed by atoms with Crippen LogP contribution in [0, 0.1) is 3.57 Å². The third kappa shape index (κ3) is 2.49. The van der Waals surface area contributed by atoms with Crippen molar-refractivity contribution in [2.75, 3.05) is 0 Å². The summed E-state index contributed by atoms with van der Waals surface area (Å²) in [4.78, 5) is 1.02. The molecule has 0 N–H and O–H groups in total. The van der Waals surface area contributed by atoms with Crippen molar-refractivity contribution in [1.82, 2.24) is 0 Å². The van der Waals surface area contributed by atoms with E-state index in [1.54, 1.807) is 11.3 Å². The molecule has 2 aromatic rings. The van der Waals surface area contributed by atoms with Crippen LogP contribution in [0.3, 0.4) is 0 Å². The Labute approximate surface area is 116 Å². The highest BCUT2D eigenvalue weighted by molar-refractivity contribution is 14.1. The number of alkyl halides is 1. The maximum Gasteiger partial charge on any atom is 0.0952 e. The lowest BCUT2D eigenvalue weighted by molar-refractivity contribution is 1.17. The molecule has 1 atom stereocenters. The highest BCUT2D eigenvalue weighted by Crippen LogP contribution is 2.38. The summed E-state index contributed by atoms with van der Waals surface area (Å²) in [7, 11) is 0. The van der Waals surface area contributed by atoms with Crippen LogP contribution in [0.4, 0.5) is 0 Å². The van der Waals surface area contributed by atoms with E-state index in [9.17, 15) is 0 Å². The zero-order valence-corrected chi connectivity index (χ0v) is 12.1. The first-order valence-corrected chi connectivity index (χ1v) is 7.09. The van der Waals surface area contributed by atoms with Crippen LogP contribution in [0.15, 0.2) is 35.7 Å². The number of halogens is 3. The topological polar surface area (TPSA) is 0 Å². The van der Waals surface area contributed by atoms with Crippen LogP contribution in [0.1, 0.15) is 15.8 Å². The molecule has 0 aliphatic heterocycles. The lowest BCUT2D eigenvalue weighted by atomic mass is 10.1. The summed E-state index contributed by atoms with van der Waals surface area (Å²) in [6.45, 7) is 0. The van der Waals surface area contributed by atoms with Gasteiger partial charge in [0, 0.05) is 8.45 Å². The first-order chi connectivity index (χ1) is 7.20. The number of benzene rings is 1. The van der Waals surface area contributed by atoms with Gasteiger partial charge in [-0.2, -0.15) is 0 Å². The maximum atomic E-state index is 6.40. The van der Waals surface area contributed by atoms with Gasteiger partial charge in [0.2, 0.25) is 0 Å². The quantitative estimate of drug-likeness (QED) is 0.496. The van der Waals surface area contributed by atoms with E-state index < -0.39 is 0 Å². The minimum atomic E-state index is -0.148. The van der Waals surface area contributed by atoms with Crippen molar-refractivity contribution in [2.24, 2.45) is 0 Å². The average Bonchev–Trinajstić information content (AvgIpc) is 2.64. The van der Waals surface area contributed by atoms with Crippen molar-refractivity contribution in [3.05, 3.63) is 54.7 Å². The molecule has 0 saturated carbocycles. The van der Waals surface area contributed by atoms with Crippen molar-refractivity contribution in [3.63, 3.8) is 0 Å². The Balaban J connectivity index is 2.41. The predicted molar refractivity (Wildman–Crippen MR) is 76.2 cm³/mol. The standard InChI is InChI=1S/C11H7Cl2IS/c12-8-5-6-15-11(8)10(13)7-3-1-2-4-9(7)14/h1-6,10H. The van der Waals surface area contributed by atoms with Gasteiger partial charge in [-0.1, -0.05) is 29.8 Å². The Morgan fingerprint density at radius 3 is 2.53 bits per heavy atom. The Hall–Kier alpha value is 0.230. The van der Waals surface area contributed by atoms with Gasteiger partial charge in [0.15, 0.2) is 0 Å². The van der Waals surface area contributed by atoms with E-state index >= 15 is 0 Å². The fraction of sp³-hybridized carbons (Fsp3) is 0.0909. The van der Waals surface area contributed by atoms with Crippen LogP contribution in [0.2, 0.25) is 5.02 Å². The Kier molecular flexibility index (Phi) is 3.93. The predicted octanol–water partition coefficient (Wildman–Crippen LogP) is 5.33. The molecule has 0 nitrogen and oxygen atoms in total. The van der Waals surface area contributed by atoms with Crippen LogP contribution in [-0.4, -0.2) is 0 Å². The smallest absolute Gasteiger partial charge is 0.0952 e. The fourth-order valence-electron chi connectivity index (χ4n) is 1.31. The van der Waals surface area contributed by atoms with Crippen LogP contribution >= 0.6 is 57.1 Å². The van der Waals surface area contributed by atoms with E-state index in [2.05, 4.69) is 22.6 Å². The van der Waals surface area contributed by atoms with Gasteiger partial charge >= 0.3 is 0 Å². The van der Waals surface area contributed by atoms with E-state index in [1.807, 2.05) is 35.7 Å². The molecule has 0 saturated heterocycles. The van der Waals surface area contributed by atoms with Crippen molar-refractivity contribution in [1.29, 1.82) is 0 Å². The second kappa shape index (κ2) is 5.04. The lowest BCUT2D eigenvalue weighted by Crippen LogP contribution is -1.93. The molecular weight excluding hydrogens is 362 g/mol. The second-order valence-electron chi connectivity index (χ2n) is 3.02. The van der Waals surface area contributed by atoms with Crippen molar-refractivity contribution >= 4 is 57.1 Å². The van der Waals surface area contributed by atoms with Crippen molar-refractivity contribution in [3.8, 4) is 0 Å². The summed E-state index contributed by atoms with van der Waals surface area (Å²) in [5, 5.41) is 2.56. The van der Waals surface area contributed by atoms with Gasteiger partial charge in [0.05, 0.1) is 10.4 Å². The Morgan fingerprint density at radius 2 is 1.93 bits per heavy atom. The first kappa shape index (κ1) is 11.7. The van der Waals surface area contributed by atoms with Crippen LogP contribution in [0.25, 0.3) is 0 Å². The van der Waals surface area contributed by atoms with Crippen LogP contribution in [-0.2, 0) is 0 Å². The van der Waals surface area contributed by atoms with E-state index in [0.717, 1.165) is 15.5 Å². The normalized spacial score (nSPS) is 12.7. The van der Waals surface area contributed by atoms with Gasteiger partial charge in [0.1, 0.15) is 0 Å². The maximum absolute atomic E-state index is 6.40. The molecule has 1 heterocycles. The molecule has 0 aliphatic carbocycles. The molecule has 15 heavy (non-hydrogen) atoms. The zero-order chi connectivity index (χ0) is 10.8. The van der Waals surface area contributed by atoms with Gasteiger partial charge in [-0.15, -0.1) is 22.9 Å². The minimum Gasteiger partial charge on any atom is -0.145 e. The third-order valence-corrected chi connectivity index (χ3v) is 5.04. The van der Waals surface area contributed by atoms with Crippen molar-refractivity contribution < 1.29 is 0 Å². The third-order valence-electron chi connectivity index (χ3n) is 2.05. The highest BCUT2D eigenvalue weighted by atomic mass is 127. The monoisotopic (exact) mass is 368 g/mol. The summed E-state index contributed by atoms with van der Waals surface area (Å²) >= 11 is 16.3. The molecule has 1 aromatic heterocycles. The minimum absolute atomic E-state index is 0.148. The second-order valence-corrected chi connectivity index (χ2v) is 5.97. The fourth-order valence-corrected chi connectivity index (χ4v) is 3.87. The largest absolute Gasteiger partial charge is 0.145 e. The molecular formula is C11H7Cl2IS. The number of hydrogen-bond acceptors (Lipinski definition) is 1. The summed E-state index contributed by atoms with van der Waals surface area (Å²) in [6.07, 6.45) is 0. The van der Waals surface area contributed by atoms with Gasteiger partial charge < -0.3 is 0 Å². The Bertz CT molecular complexity index is 467. The van der Waals surface area contributed by atoms with Gasteiger partial charge in [-0.25, -0.2) is 0 Å². The molecule has 0 radical (unpaired) electrons. The van der Waals surface area contributed by atoms with E-state index in [0.29, 0.717) is 0 Å². The summed E-state index contributed by atoms with van der Waals surface area (Å²) in [6, 6.07) is 9.97. The average molecular weight is 369 g/mol. The molecule has 0 bridgehead atoms. The molecule has 78 valence electrons. The first-order valence-electron chi connectivity index (χ1n) is 4.31. The molecule has 1 aromatic carbocycles. The molecule has 1 unspecified atom stereocenters. The molecule has 0 aliphatic rings. The van der Waals surface area contributed by atoms with Crippen molar-refractivity contribution in [2.45, 2.75) is 5.38 Å². The van der Waals surface area contributed by atoms with Gasteiger partial charge in [-0.3, -0.25) is 0 Å². The number of rotatable bonds is 2. The SMILES string of the molecule is Clc1ccsc1C(Cl)c1ccccc1I. The molecule has 0 fully saturated rings. The number of thiophene rings is 1. The molecule has 4 heteroatoms. The highest BCUT2D eigenvalue weighted by Gasteiger charge is 2.17. The number of hydrogen-bond donors (Lipinski definition) is 0. The van der Waals surface area contributed by atoms with Crippen LogP contribution < -0.4 is 0 Å². The molecule has 0 spiro atoms. The summed E-state index contributed by atoms with van der Waals surface area (Å²) < 4.78 is 1.17. The summed E-state index contributed by atoms with van der Waals surface area (Å²) in [5.41, 5.74) is 1.11. The van der Waals surface area contributed by atoms with E-state index in [1.165, 1.54) is 3.57 Å². The van der Waals surface area contributed by atoms with Crippen LogP contribution in [0.5, 0.6) is 0 Å². The lowest BCUT2D eigenvalue weighted by Gasteiger charge is -2.10. The molecule has 0 amide bonds. The van der Waals surface area contributed by atoms with Gasteiger partial charge in [-0.05, 0) is 45.7 Å². The van der Waals surface area contributed by atoms with Gasteiger partial charge in [0.25, 0.3) is 0 Å². The summed E-state index contributed by atoms with van der Waals surface area (Å²) in [5.74, 6) is 0. The van der Waals surface area contributed by atoms with E-state index in [4.69, 9.17) is 23.2 Å². The Morgan fingerprint density at radius 1 is 1.20 bits per heavy atom. The molecule has 2 rings (SSSR count). The van der Waals surface area contributed by atoms with E-state index in [-0.39, 0.29) is 5.38 Å². The zero-order valence-electron chi connectivity index (χ0n) is 7.58.